The highest BCUT2D eigenvalue weighted by Gasteiger charge is 2.14. The Morgan fingerprint density at radius 3 is 2.56 bits per heavy atom. The molecule has 2 aromatic rings. The van der Waals surface area contributed by atoms with Gasteiger partial charge in [0.15, 0.2) is 0 Å². The lowest BCUT2D eigenvalue weighted by molar-refractivity contribution is 0.931. The zero-order valence-electron chi connectivity index (χ0n) is 9.58. The Kier molecular flexibility index (Phi) is 2.64. The second kappa shape index (κ2) is 3.83. The van der Waals surface area contributed by atoms with Crippen LogP contribution in [0.15, 0.2) is 18.2 Å². The van der Waals surface area contributed by atoms with Crippen LogP contribution in [-0.2, 0) is 7.05 Å². The fourth-order valence-corrected chi connectivity index (χ4v) is 1.89. The van der Waals surface area contributed by atoms with Gasteiger partial charge in [0.1, 0.15) is 10.8 Å². The first-order valence-corrected chi connectivity index (χ1v) is 5.44. The summed E-state index contributed by atoms with van der Waals surface area (Å²) in [7, 11) is 1.80. The number of aromatic nitrogens is 2. The summed E-state index contributed by atoms with van der Waals surface area (Å²) in [5, 5.41) is 0.575. The Labute approximate surface area is 99.9 Å². The molecule has 0 bridgehead atoms. The lowest BCUT2D eigenvalue weighted by Crippen LogP contribution is -1.96. The number of nitrogen functional groups attached to an aromatic ring is 1. The van der Waals surface area contributed by atoms with Crippen molar-refractivity contribution >= 4 is 17.5 Å². The minimum Gasteiger partial charge on any atom is -0.369 e. The molecule has 2 N–H and O–H groups in total. The van der Waals surface area contributed by atoms with Crippen LogP contribution < -0.4 is 5.73 Å². The van der Waals surface area contributed by atoms with Crippen LogP contribution in [0, 0.1) is 13.8 Å². The molecule has 0 fully saturated rings. The van der Waals surface area contributed by atoms with E-state index in [2.05, 4.69) is 23.2 Å². The number of benzene rings is 1. The van der Waals surface area contributed by atoms with Gasteiger partial charge in [-0.05, 0) is 25.5 Å². The van der Waals surface area contributed by atoms with Gasteiger partial charge in [0.25, 0.3) is 0 Å². The van der Waals surface area contributed by atoms with Gasteiger partial charge < -0.3 is 10.3 Å². The number of nitrogens with two attached hydrogens (primary N) is 1. The molecule has 0 atom stereocenters. The van der Waals surface area contributed by atoms with Crippen LogP contribution >= 0.6 is 11.6 Å². The van der Waals surface area contributed by atoms with Crippen LogP contribution in [0.5, 0.6) is 0 Å². The molecule has 16 heavy (non-hydrogen) atoms. The Bertz CT molecular complexity index is 543. The third-order valence-corrected chi connectivity index (χ3v) is 3.14. The van der Waals surface area contributed by atoms with Crippen molar-refractivity contribution in [3.63, 3.8) is 0 Å². The number of aryl methyl sites for hydroxylation is 2. The number of imidazole rings is 1. The van der Waals surface area contributed by atoms with E-state index in [0.717, 1.165) is 16.8 Å². The van der Waals surface area contributed by atoms with Crippen molar-refractivity contribution < 1.29 is 0 Å². The summed E-state index contributed by atoms with van der Waals surface area (Å²) in [6.07, 6.45) is 0. The zero-order valence-corrected chi connectivity index (χ0v) is 10.3. The van der Waals surface area contributed by atoms with Gasteiger partial charge in [0.05, 0.1) is 0 Å². The maximum absolute atomic E-state index is 6.19. The Balaban J connectivity index is 2.67. The average molecular weight is 236 g/mol. The molecule has 0 saturated carbocycles. The molecule has 1 aromatic carbocycles. The molecule has 1 aromatic heterocycles. The quantitative estimate of drug-likeness (QED) is 0.826. The summed E-state index contributed by atoms with van der Waals surface area (Å²) >= 11 is 6.19. The maximum Gasteiger partial charge on any atom is 0.201 e. The molecule has 0 unspecified atom stereocenters. The largest absolute Gasteiger partial charge is 0.369 e. The van der Waals surface area contributed by atoms with Gasteiger partial charge in [-0.1, -0.05) is 29.3 Å². The van der Waals surface area contributed by atoms with Gasteiger partial charge >= 0.3 is 0 Å². The molecule has 1 heterocycles. The molecule has 0 saturated heterocycles. The van der Waals surface area contributed by atoms with E-state index in [-0.39, 0.29) is 0 Å². The van der Waals surface area contributed by atoms with Crippen LogP contribution in [0.25, 0.3) is 11.3 Å². The van der Waals surface area contributed by atoms with Crippen molar-refractivity contribution in [1.29, 1.82) is 0 Å². The smallest absolute Gasteiger partial charge is 0.201 e. The fourth-order valence-electron chi connectivity index (χ4n) is 1.66. The second-order valence-corrected chi connectivity index (χ2v) is 4.34. The van der Waals surface area contributed by atoms with Crippen molar-refractivity contribution in [2.45, 2.75) is 13.8 Å². The van der Waals surface area contributed by atoms with E-state index in [1.807, 2.05) is 13.8 Å². The molecule has 0 aliphatic rings. The summed E-state index contributed by atoms with van der Waals surface area (Å²) in [4.78, 5) is 4.29. The lowest BCUT2D eigenvalue weighted by atomic mass is 10.0. The first kappa shape index (κ1) is 11.0. The Hall–Kier alpha value is -1.48. The highest BCUT2D eigenvalue weighted by atomic mass is 35.5. The topological polar surface area (TPSA) is 43.8 Å². The van der Waals surface area contributed by atoms with Crippen LogP contribution in [-0.4, -0.2) is 9.55 Å². The van der Waals surface area contributed by atoms with E-state index >= 15 is 0 Å². The molecule has 84 valence electrons. The monoisotopic (exact) mass is 235 g/mol. The van der Waals surface area contributed by atoms with Crippen molar-refractivity contribution in [3.8, 4) is 11.3 Å². The second-order valence-electron chi connectivity index (χ2n) is 3.99. The highest BCUT2D eigenvalue weighted by Crippen LogP contribution is 2.31. The van der Waals surface area contributed by atoms with E-state index in [4.69, 9.17) is 17.3 Å². The van der Waals surface area contributed by atoms with E-state index < -0.39 is 0 Å². The van der Waals surface area contributed by atoms with Gasteiger partial charge in [0, 0.05) is 12.6 Å². The van der Waals surface area contributed by atoms with E-state index in [1.54, 1.807) is 11.6 Å². The van der Waals surface area contributed by atoms with Crippen LogP contribution in [0.1, 0.15) is 11.1 Å². The van der Waals surface area contributed by atoms with Gasteiger partial charge in [-0.15, -0.1) is 0 Å². The predicted octanol–water partition coefficient (Wildman–Crippen LogP) is 2.94. The first-order valence-electron chi connectivity index (χ1n) is 5.06. The van der Waals surface area contributed by atoms with E-state index in [0.29, 0.717) is 11.1 Å². The van der Waals surface area contributed by atoms with Crippen molar-refractivity contribution in [2.24, 2.45) is 7.05 Å². The molecule has 0 aliphatic carbocycles. The average Bonchev–Trinajstić information content (AvgIpc) is 2.50. The number of rotatable bonds is 1. The Morgan fingerprint density at radius 2 is 2.00 bits per heavy atom. The molecular weight excluding hydrogens is 222 g/mol. The normalized spacial score (nSPS) is 10.8. The zero-order chi connectivity index (χ0) is 11.9. The van der Waals surface area contributed by atoms with E-state index in [1.165, 1.54) is 5.56 Å². The lowest BCUT2D eigenvalue weighted by Gasteiger charge is -2.04. The number of halogens is 1. The summed E-state index contributed by atoms with van der Waals surface area (Å²) in [6, 6.07) is 6.20. The number of hydrogen-bond donors (Lipinski definition) is 1. The third kappa shape index (κ3) is 1.67. The van der Waals surface area contributed by atoms with Crippen molar-refractivity contribution in [3.05, 3.63) is 34.5 Å². The van der Waals surface area contributed by atoms with Crippen LogP contribution in [0.2, 0.25) is 5.15 Å². The van der Waals surface area contributed by atoms with Crippen molar-refractivity contribution in [1.82, 2.24) is 9.55 Å². The predicted molar refractivity (Wildman–Crippen MR) is 67.5 cm³/mol. The number of hydrogen-bond acceptors (Lipinski definition) is 2. The molecular formula is C12H14ClN3. The van der Waals surface area contributed by atoms with Gasteiger partial charge in [-0.25, -0.2) is 4.98 Å². The summed E-state index contributed by atoms with van der Waals surface area (Å²) in [5.41, 5.74) is 9.85. The first-order chi connectivity index (χ1) is 7.50. The van der Waals surface area contributed by atoms with Crippen molar-refractivity contribution in [2.75, 3.05) is 5.73 Å². The molecule has 4 heteroatoms. The number of anilines is 1. The summed E-state index contributed by atoms with van der Waals surface area (Å²) in [5.74, 6) is 0.431. The molecule has 3 nitrogen and oxygen atoms in total. The standard InChI is InChI=1S/C12H14ClN3/c1-7-4-5-8(2)9(6-7)10-11(13)16(3)12(14)15-10/h4-6H,1-3H3,(H2,14,15). The molecule has 0 aliphatic heterocycles. The molecule has 0 amide bonds. The minimum absolute atomic E-state index is 0.431. The van der Waals surface area contributed by atoms with Gasteiger partial charge in [-0.2, -0.15) is 0 Å². The summed E-state index contributed by atoms with van der Waals surface area (Å²) in [6.45, 7) is 4.08. The van der Waals surface area contributed by atoms with E-state index in [9.17, 15) is 0 Å². The SMILES string of the molecule is Cc1ccc(C)c(-c2nc(N)n(C)c2Cl)c1. The Morgan fingerprint density at radius 1 is 1.31 bits per heavy atom. The number of nitrogens with zero attached hydrogens (tertiary/aromatic N) is 2. The third-order valence-electron chi connectivity index (χ3n) is 2.71. The van der Waals surface area contributed by atoms with Gasteiger partial charge in [0.2, 0.25) is 5.95 Å². The fraction of sp³-hybridized carbons (Fsp3) is 0.250. The summed E-state index contributed by atoms with van der Waals surface area (Å²) < 4.78 is 1.68. The molecule has 2 rings (SSSR count). The van der Waals surface area contributed by atoms with Crippen LogP contribution in [0.4, 0.5) is 5.95 Å². The maximum atomic E-state index is 6.19. The molecule has 0 spiro atoms. The molecule has 0 radical (unpaired) electrons. The van der Waals surface area contributed by atoms with Gasteiger partial charge in [-0.3, -0.25) is 0 Å². The minimum atomic E-state index is 0.431. The highest BCUT2D eigenvalue weighted by molar-refractivity contribution is 6.32. The van der Waals surface area contributed by atoms with Crippen LogP contribution in [0.3, 0.4) is 0 Å².